The van der Waals surface area contributed by atoms with Crippen LogP contribution in [0.2, 0.25) is 0 Å². The van der Waals surface area contributed by atoms with Crippen molar-refractivity contribution in [3.63, 3.8) is 0 Å². The van der Waals surface area contributed by atoms with Crippen molar-refractivity contribution < 1.29 is 9.84 Å². The maximum Gasteiger partial charge on any atom is 0.225 e. The van der Waals surface area contributed by atoms with Crippen LogP contribution in [0.15, 0.2) is 6.07 Å². The first kappa shape index (κ1) is 9.97. The average Bonchev–Trinajstić information content (AvgIpc) is 2.94. The molecule has 1 aliphatic rings. The number of hydrogen-bond donors (Lipinski definition) is 3. The number of nitrogens with zero attached hydrogens (tertiary/aromatic N) is 2. The normalized spacial score (nSPS) is 17.4. The molecular weight excluding hydrogens is 196 g/mol. The first-order valence-corrected chi connectivity index (χ1v) is 4.77. The smallest absolute Gasteiger partial charge is 0.225 e. The molecule has 1 heterocycles. The Morgan fingerprint density at radius 3 is 2.67 bits per heavy atom. The molecule has 82 valence electrons. The minimum Gasteiger partial charge on any atom is -0.477 e. The number of nitrogen functional groups attached to an aromatic ring is 2. The number of aliphatic hydroxyl groups is 1. The van der Waals surface area contributed by atoms with Gasteiger partial charge in [0.25, 0.3) is 0 Å². The summed E-state index contributed by atoms with van der Waals surface area (Å²) in [7, 11) is 0. The zero-order valence-corrected chi connectivity index (χ0v) is 8.31. The summed E-state index contributed by atoms with van der Waals surface area (Å²) in [6.07, 6.45) is 1.97. The molecule has 0 spiro atoms. The van der Waals surface area contributed by atoms with E-state index in [1.807, 2.05) is 0 Å². The molecule has 0 atom stereocenters. The van der Waals surface area contributed by atoms with Gasteiger partial charge in [0.2, 0.25) is 11.8 Å². The summed E-state index contributed by atoms with van der Waals surface area (Å²) in [5.74, 6) is 0.741. The third-order valence-corrected chi connectivity index (χ3v) is 2.56. The molecule has 1 aliphatic carbocycles. The molecule has 1 saturated carbocycles. The zero-order valence-electron chi connectivity index (χ0n) is 8.31. The van der Waals surface area contributed by atoms with E-state index in [1.165, 1.54) is 6.07 Å². The highest BCUT2D eigenvalue weighted by atomic mass is 16.5. The van der Waals surface area contributed by atoms with Gasteiger partial charge in [-0.15, -0.1) is 0 Å². The van der Waals surface area contributed by atoms with Gasteiger partial charge in [-0.1, -0.05) is 0 Å². The molecule has 1 fully saturated rings. The van der Waals surface area contributed by atoms with E-state index >= 15 is 0 Å². The summed E-state index contributed by atoms with van der Waals surface area (Å²) >= 11 is 0. The van der Waals surface area contributed by atoms with Gasteiger partial charge >= 0.3 is 0 Å². The van der Waals surface area contributed by atoms with Gasteiger partial charge < -0.3 is 21.3 Å². The van der Waals surface area contributed by atoms with Gasteiger partial charge in [0.05, 0.1) is 13.2 Å². The number of anilines is 2. The Morgan fingerprint density at radius 1 is 1.40 bits per heavy atom. The van der Waals surface area contributed by atoms with Gasteiger partial charge in [-0.3, -0.25) is 0 Å². The molecule has 0 amide bonds. The molecule has 0 aliphatic heterocycles. The Bertz CT molecular complexity index is 345. The van der Waals surface area contributed by atoms with Crippen molar-refractivity contribution in [2.45, 2.75) is 12.8 Å². The van der Waals surface area contributed by atoms with E-state index in [1.54, 1.807) is 0 Å². The molecule has 6 nitrogen and oxygen atoms in total. The lowest BCUT2D eigenvalue weighted by atomic mass is 10.1. The molecule has 6 heteroatoms. The molecule has 0 unspecified atom stereocenters. The van der Waals surface area contributed by atoms with E-state index in [0.717, 1.165) is 12.8 Å². The maximum atomic E-state index is 9.08. The van der Waals surface area contributed by atoms with Gasteiger partial charge in [0, 0.05) is 11.5 Å². The Balaban J connectivity index is 1.99. The van der Waals surface area contributed by atoms with E-state index in [4.69, 9.17) is 21.3 Å². The van der Waals surface area contributed by atoms with Gasteiger partial charge in [-0.05, 0) is 12.8 Å². The SMILES string of the molecule is Nc1cc(OCC2(CO)CC2)nc(N)n1. The van der Waals surface area contributed by atoms with E-state index < -0.39 is 0 Å². The van der Waals surface area contributed by atoms with Crippen molar-refractivity contribution in [1.29, 1.82) is 0 Å². The topological polar surface area (TPSA) is 107 Å². The highest BCUT2D eigenvalue weighted by Crippen LogP contribution is 2.45. The lowest BCUT2D eigenvalue weighted by Crippen LogP contribution is -2.17. The molecule has 15 heavy (non-hydrogen) atoms. The van der Waals surface area contributed by atoms with Crippen molar-refractivity contribution in [2.24, 2.45) is 5.41 Å². The Labute approximate surface area is 87.3 Å². The fraction of sp³-hybridized carbons (Fsp3) is 0.556. The van der Waals surface area contributed by atoms with Gasteiger partial charge in [-0.2, -0.15) is 9.97 Å². The average molecular weight is 210 g/mol. The summed E-state index contributed by atoms with van der Waals surface area (Å²) in [4.78, 5) is 7.61. The summed E-state index contributed by atoms with van der Waals surface area (Å²) < 4.78 is 5.41. The fourth-order valence-electron chi connectivity index (χ4n) is 1.29. The van der Waals surface area contributed by atoms with E-state index in [0.29, 0.717) is 12.5 Å². The highest BCUT2D eigenvalue weighted by Gasteiger charge is 2.43. The second kappa shape index (κ2) is 3.54. The lowest BCUT2D eigenvalue weighted by molar-refractivity contribution is 0.143. The monoisotopic (exact) mass is 210 g/mol. The van der Waals surface area contributed by atoms with Crippen molar-refractivity contribution >= 4 is 11.8 Å². The van der Waals surface area contributed by atoms with E-state index in [-0.39, 0.29) is 23.8 Å². The minimum absolute atomic E-state index is 0.0749. The van der Waals surface area contributed by atoms with Gasteiger partial charge in [0.1, 0.15) is 5.82 Å². The van der Waals surface area contributed by atoms with Crippen LogP contribution >= 0.6 is 0 Å². The third-order valence-electron chi connectivity index (χ3n) is 2.56. The first-order valence-electron chi connectivity index (χ1n) is 4.77. The molecular formula is C9H14N4O2. The third kappa shape index (κ3) is 2.27. The van der Waals surface area contributed by atoms with Gasteiger partial charge in [-0.25, -0.2) is 0 Å². The van der Waals surface area contributed by atoms with Crippen molar-refractivity contribution in [1.82, 2.24) is 9.97 Å². The fourth-order valence-corrected chi connectivity index (χ4v) is 1.29. The van der Waals surface area contributed by atoms with E-state index in [9.17, 15) is 0 Å². The van der Waals surface area contributed by atoms with Crippen molar-refractivity contribution in [3.05, 3.63) is 6.07 Å². The highest BCUT2D eigenvalue weighted by molar-refractivity contribution is 5.38. The zero-order chi connectivity index (χ0) is 10.9. The Hall–Kier alpha value is -1.56. The largest absolute Gasteiger partial charge is 0.477 e. The molecule has 1 aromatic rings. The number of nitrogens with two attached hydrogens (primary N) is 2. The molecule has 0 radical (unpaired) electrons. The lowest BCUT2D eigenvalue weighted by Gasteiger charge is -2.12. The van der Waals surface area contributed by atoms with Crippen LogP contribution in [-0.4, -0.2) is 28.3 Å². The van der Waals surface area contributed by atoms with Crippen LogP contribution in [0.3, 0.4) is 0 Å². The van der Waals surface area contributed by atoms with Crippen molar-refractivity contribution in [2.75, 3.05) is 24.7 Å². The molecule has 1 aromatic heterocycles. The first-order chi connectivity index (χ1) is 7.13. The number of hydrogen-bond acceptors (Lipinski definition) is 6. The maximum absolute atomic E-state index is 9.08. The van der Waals surface area contributed by atoms with Crippen LogP contribution in [0, 0.1) is 5.41 Å². The van der Waals surface area contributed by atoms with Crippen LogP contribution in [0.4, 0.5) is 11.8 Å². The standard InChI is InChI=1S/C9H14N4O2/c10-6-3-7(13-8(11)12-6)15-5-9(4-14)1-2-9/h3,14H,1-2,4-5H2,(H4,10,11,12,13). The van der Waals surface area contributed by atoms with E-state index in [2.05, 4.69) is 9.97 Å². The predicted octanol–water partition coefficient (Wildman–Crippen LogP) is -0.208. The van der Waals surface area contributed by atoms with Crippen LogP contribution in [0.1, 0.15) is 12.8 Å². The van der Waals surface area contributed by atoms with Crippen molar-refractivity contribution in [3.8, 4) is 5.88 Å². The van der Waals surface area contributed by atoms with Crippen LogP contribution in [0.25, 0.3) is 0 Å². The van der Waals surface area contributed by atoms with Crippen LogP contribution < -0.4 is 16.2 Å². The number of aromatic nitrogens is 2. The quantitative estimate of drug-likeness (QED) is 0.634. The summed E-state index contributed by atoms with van der Waals surface area (Å²) in [6.45, 7) is 0.586. The number of rotatable bonds is 4. The molecule has 5 N–H and O–H groups in total. The second-order valence-electron chi connectivity index (χ2n) is 3.94. The number of aliphatic hydroxyl groups excluding tert-OH is 1. The summed E-state index contributed by atoms with van der Waals surface area (Å²) in [5.41, 5.74) is 10.8. The molecule has 2 rings (SSSR count). The Kier molecular flexibility index (Phi) is 2.36. The molecule has 0 aromatic carbocycles. The number of ether oxygens (including phenoxy) is 1. The molecule has 0 bridgehead atoms. The predicted molar refractivity (Wildman–Crippen MR) is 55.1 cm³/mol. The minimum atomic E-state index is -0.0749. The summed E-state index contributed by atoms with van der Waals surface area (Å²) in [6, 6.07) is 1.52. The second-order valence-corrected chi connectivity index (χ2v) is 3.94. The molecule has 0 saturated heterocycles. The van der Waals surface area contributed by atoms with Crippen LogP contribution in [0.5, 0.6) is 5.88 Å². The van der Waals surface area contributed by atoms with Crippen LogP contribution in [-0.2, 0) is 0 Å². The summed E-state index contributed by atoms with van der Waals surface area (Å²) in [5, 5.41) is 9.08. The Morgan fingerprint density at radius 2 is 2.13 bits per heavy atom. The van der Waals surface area contributed by atoms with Gasteiger partial charge in [0.15, 0.2) is 0 Å².